The predicted molar refractivity (Wildman–Crippen MR) is 169 cm³/mol. The number of ether oxygens (including phenoxy) is 1. The van der Waals surface area contributed by atoms with Crippen LogP contribution in [0.1, 0.15) is 57.6 Å². The molecule has 1 aliphatic rings. The number of aromatic nitrogens is 3. The molecule has 224 valence electrons. The molecule has 5 aromatic rings. The highest BCUT2D eigenvalue weighted by atomic mass is 35.5. The lowest BCUT2D eigenvalue weighted by molar-refractivity contribution is -0.145. The number of halogens is 1. The molecule has 4 aromatic carbocycles. The molecule has 0 radical (unpaired) electrons. The number of aryl methyl sites for hydroxylation is 1. The van der Waals surface area contributed by atoms with Crippen LogP contribution in [0.5, 0.6) is 5.75 Å². The summed E-state index contributed by atoms with van der Waals surface area (Å²) < 4.78 is 7.65. The Morgan fingerprint density at radius 3 is 2.73 bits per heavy atom. The van der Waals surface area contributed by atoms with Gasteiger partial charge in [0.15, 0.2) is 0 Å². The van der Waals surface area contributed by atoms with E-state index in [4.69, 9.17) is 16.3 Å². The fraction of sp³-hybridized carbons (Fsp3) is 0.235. The first-order chi connectivity index (χ1) is 21.3. The molecule has 2 unspecified atom stereocenters. The predicted octanol–water partition coefficient (Wildman–Crippen LogP) is 6.21. The van der Waals surface area contributed by atoms with Crippen LogP contribution in [0.25, 0.3) is 11.0 Å². The molecule has 0 spiro atoms. The summed E-state index contributed by atoms with van der Waals surface area (Å²) in [7, 11) is 3.78. The highest BCUT2D eigenvalue weighted by molar-refractivity contribution is 6.31. The molecular weight excluding hydrogens is 578 g/mol. The van der Waals surface area contributed by atoms with Crippen LogP contribution in [0.4, 0.5) is 5.69 Å². The zero-order chi connectivity index (χ0) is 30.8. The lowest BCUT2D eigenvalue weighted by Gasteiger charge is -2.26. The van der Waals surface area contributed by atoms with Crippen LogP contribution in [0.2, 0.25) is 5.02 Å². The Kier molecular flexibility index (Phi) is 8.21. The number of nitrogens with zero attached hydrogens (tertiary/aromatic N) is 4. The number of hydrogen-bond acceptors (Lipinski definition) is 6. The van der Waals surface area contributed by atoms with Crippen LogP contribution in [0.15, 0.2) is 84.9 Å². The zero-order valence-electron chi connectivity index (χ0n) is 24.4. The van der Waals surface area contributed by atoms with E-state index in [0.717, 1.165) is 30.5 Å². The van der Waals surface area contributed by atoms with Crippen molar-refractivity contribution in [3.05, 3.63) is 118 Å². The minimum absolute atomic E-state index is 0.0203. The summed E-state index contributed by atoms with van der Waals surface area (Å²) in [6.07, 6.45) is 1.76. The third-order valence-corrected chi connectivity index (χ3v) is 8.32. The van der Waals surface area contributed by atoms with Crippen LogP contribution in [0.3, 0.4) is 0 Å². The van der Waals surface area contributed by atoms with Crippen LogP contribution >= 0.6 is 11.6 Å². The van der Waals surface area contributed by atoms with Crippen LogP contribution in [-0.2, 0) is 17.8 Å². The lowest BCUT2D eigenvalue weighted by atomic mass is 9.87. The van der Waals surface area contributed by atoms with Gasteiger partial charge in [-0.25, -0.2) is 9.48 Å². The summed E-state index contributed by atoms with van der Waals surface area (Å²) in [5, 5.41) is 22.2. The summed E-state index contributed by atoms with van der Waals surface area (Å²) in [6, 6.07) is 25.8. The van der Waals surface area contributed by atoms with Gasteiger partial charge in [0, 0.05) is 35.9 Å². The van der Waals surface area contributed by atoms with Gasteiger partial charge in [-0.15, -0.1) is 5.10 Å². The summed E-state index contributed by atoms with van der Waals surface area (Å²) in [5.41, 5.74) is 6.36. The van der Waals surface area contributed by atoms with Crippen LogP contribution < -0.4 is 15.0 Å². The van der Waals surface area contributed by atoms with Gasteiger partial charge >= 0.3 is 5.97 Å². The number of carboxylic acid groups (broad SMARTS) is 1. The Hall–Kier alpha value is -4.89. The SMILES string of the molecule is CN(C)c1cccc(C(Oc2ccc(Cl)c(Cn3nnc4cc(C(=O)NC5CCCc6ccccc65)ccc43)c2)C(=O)O)c1. The molecule has 0 bridgehead atoms. The molecule has 1 aliphatic carbocycles. The van der Waals surface area contributed by atoms with Gasteiger partial charge in [0.05, 0.1) is 18.1 Å². The monoisotopic (exact) mass is 609 g/mol. The van der Waals surface area contributed by atoms with E-state index in [0.29, 0.717) is 33.0 Å². The van der Waals surface area contributed by atoms with Crippen molar-refractivity contribution in [1.82, 2.24) is 20.3 Å². The first-order valence-electron chi connectivity index (χ1n) is 14.4. The smallest absolute Gasteiger partial charge is 0.349 e. The number of carbonyl (C=O) groups excluding carboxylic acids is 1. The first kappa shape index (κ1) is 29.2. The molecule has 2 atom stereocenters. The maximum absolute atomic E-state index is 13.2. The molecule has 0 aliphatic heterocycles. The number of amides is 1. The van der Waals surface area contributed by atoms with E-state index >= 15 is 0 Å². The average Bonchev–Trinajstić information content (AvgIpc) is 3.43. The largest absolute Gasteiger partial charge is 0.478 e. The summed E-state index contributed by atoms with van der Waals surface area (Å²) in [4.78, 5) is 27.3. The van der Waals surface area contributed by atoms with E-state index in [-0.39, 0.29) is 18.5 Å². The van der Waals surface area contributed by atoms with Crippen molar-refractivity contribution in [2.24, 2.45) is 0 Å². The first-order valence-corrected chi connectivity index (χ1v) is 14.8. The van der Waals surface area contributed by atoms with E-state index in [9.17, 15) is 14.7 Å². The van der Waals surface area contributed by atoms with E-state index in [2.05, 4.69) is 27.8 Å². The molecule has 44 heavy (non-hydrogen) atoms. The van der Waals surface area contributed by atoms with Crippen LogP contribution in [0, 0.1) is 0 Å². The molecule has 1 aromatic heterocycles. The van der Waals surface area contributed by atoms with Gasteiger partial charge in [-0.3, -0.25) is 4.79 Å². The number of aliphatic carboxylic acids is 1. The van der Waals surface area contributed by atoms with Crippen molar-refractivity contribution in [2.45, 2.75) is 38.0 Å². The normalized spacial score (nSPS) is 14.9. The third-order valence-electron chi connectivity index (χ3n) is 7.96. The highest BCUT2D eigenvalue weighted by Crippen LogP contribution is 2.31. The van der Waals surface area contributed by atoms with Gasteiger partial charge in [-0.2, -0.15) is 0 Å². The summed E-state index contributed by atoms with van der Waals surface area (Å²) in [5.74, 6) is -0.896. The van der Waals surface area contributed by atoms with Gasteiger partial charge in [0.2, 0.25) is 6.10 Å². The van der Waals surface area contributed by atoms with Crippen molar-refractivity contribution in [3.8, 4) is 5.75 Å². The topological polar surface area (TPSA) is 110 Å². The average molecular weight is 610 g/mol. The Bertz CT molecular complexity index is 1850. The minimum atomic E-state index is -1.21. The van der Waals surface area contributed by atoms with Crippen molar-refractivity contribution < 1.29 is 19.4 Å². The third kappa shape index (κ3) is 6.09. The van der Waals surface area contributed by atoms with Gasteiger partial charge in [-0.1, -0.05) is 53.2 Å². The standard InChI is InChI=1S/C34H32ClN5O4/c1-39(2)25-10-5-9-22(17-25)32(34(42)43)44-26-14-15-28(35)24(18-26)20-40-31-16-13-23(19-30(31)37-38-40)33(41)36-29-12-6-8-21-7-3-4-11-27(21)29/h3-5,7,9-11,13-19,29,32H,6,8,12,20H2,1-2H3,(H,36,41)(H,42,43). The number of carbonyl (C=O) groups is 2. The van der Waals surface area contributed by atoms with E-state index in [1.165, 1.54) is 11.1 Å². The second-order valence-corrected chi connectivity index (χ2v) is 11.6. The maximum Gasteiger partial charge on any atom is 0.349 e. The van der Waals surface area contributed by atoms with Crippen molar-refractivity contribution in [3.63, 3.8) is 0 Å². The zero-order valence-corrected chi connectivity index (χ0v) is 25.2. The number of nitrogens with one attached hydrogen (secondary N) is 1. The van der Waals surface area contributed by atoms with Gasteiger partial charge in [-0.05, 0) is 84.5 Å². The number of carboxylic acids is 1. The molecular formula is C34H32ClN5O4. The molecule has 6 rings (SSSR count). The Morgan fingerprint density at radius 2 is 1.91 bits per heavy atom. The Balaban J connectivity index is 1.19. The molecule has 0 saturated heterocycles. The quantitative estimate of drug-likeness (QED) is 0.204. The van der Waals surface area contributed by atoms with Gasteiger partial charge < -0.3 is 20.1 Å². The second kappa shape index (κ2) is 12.4. The van der Waals surface area contributed by atoms with Crippen molar-refractivity contribution >= 4 is 40.2 Å². The van der Waals surface area contributed by atoms with E-state index < -0.39 is 12.1 Å². The molecule has 0 fully saturated rings. The molecule has 2 N–H and O–H groups in total. The number of benzene rings is 4. The number of hydrogen-bond donors (Lipinski definition) is 2. The fourth-order valence-corrected chi connectivity index (χ4v) is 5.82. The molecule has 9 nitrogen and oxygen atoms in total. The summed E-state index contributed by atoms with van der Waals surface area (Å²) >= 11 is 6.54. The van der Waals surface area contributed by atoms with Gasteiger partial charge in [0.1, 0.15) is 11.3 Å². The molecule has 0 saturated carbocycles. The molecule has 1 amide bonds. The van der Waals surface area contributed by atoms with Crippen molar-refractivity contribution in [2.75, 3.05) is 19.0 Å². The summed E-state index contributed by atoms with van der Waals surface area (Å²) in [6.45, 7) is 0.269. The maximum atomic E-state index is 13.2. The Morgan fingerprint density at radius 1 is 1.07 bits per heavy atom. The highest BCUT2D eigenvalue weighted by Gasteiger charge is 2.24. The minimum Gasteiger partial charge on any atom is -0.478 e. The fourth-order valence-electron chi connectivity index (χ4n) is 5.65. The van der Waals surface area contributed by atoms with Gasteiger partial charge in [0.25, 0.3) is 5.91 Å². The molecule has 1 heterocycles. The number of fused-ring (bicyclic) bond motifs is 2. The molecule has 10 heteroatoms. The van der Waals surface area contributed by atoms with E-state index in [1.54, 1.807) is 53.2 Å². The second-order valence-electron chi connectivity index (χ2n) is 11.1. The Labute approximate surface area is 260 Å². The number of rotatable bonds is 9. The van der Waals surface area contributed by atoms with Crippen molar-refractivity contribution in [1.29, 1.82) is 0 Å². The van der Waals surface area contributed by atoms with E-state index in [1.807, 2.05) is 43.3 Å². The number of anilines is 1. The van der Waals surface area contributed by atoms with Crippen LogP contribution in [-0.4, -0.2) is 46.1 Å². The lowest BCUT2D eigenvalue weighted by Crippen LogP contribution is -2.30.